The first kappa shape index (κ1) is 12.6. The Labute approximate surface area is 151 Å². The molecule has 10 nitrogen and oxygen atoms in total. The third kappa shape index (κ3) is 13.6. The van der Waals surface area contributed by atoms with Gasteiger partial charge < -0.3 is 21.3 Å². The van der Waals surface area contributed by atoms with Crippen LogP contribution in [-0.2, 0) is 0 Å². The van der Waals surface area contributed by atoms with E-state index in [-0.39, 0.29) is 11.6 Å². The zero-order valence-electron chi connectivity index (χ0n) is 18.0. The van der Waals surface area contributed by atoms with Gasteiger partial charge in [0.15, 0.2) is 11.6 Å². The first-order chi connectivity index (χ1) is 13.3. The van der Waals surface area contributed by atoms with E-state index < -0.39 is 23.8 Å². The number of nitro groups is 2. The van der Waals surface area contributed by atoms with Gasteiger partial charge in [-0.2, -0.15) is 0 Å². The molecule has 0 unspecified atom stereocenters. The van der Waals surface area contributed by atoms with Crippen molar-refractivity contribution in [2.45, 2.75) is 0 Å². The number of nitrogens with one attached hydrogen (secondary N) is 4. The predicted octanol–water partition coefficient (Wildman–Crippen LogP) is 0.180. The van der Waals surface area contributed by atoms with E-state index in [1.165, 1.54) is 23.5 Å². The van der Waals surface area contributed by atoms with Crippen molar-refractivity contribution >= 4 is 23.5 Å². The summed E-state index contributed by atoms with van der Waals surface area (Å²) in [6.45, 7) is -4.52. The highest BCUT2D eigenvalue weighted by Crippen LogP contribution is 2.10. The molecule has 0 aromatic heterocycles. The van der Waals surface area contributed by atoms with Crippen LogP contribution in [-0.4, -0.2) is 53.5 Å². The van der Waals surface area contributed by atoms with Crippen LogP contribution in [0.2, 0.25) is 0 Å². The quantitative estimate of drug-likeness (QED) is 0.145. The second-order valence-electron chi connectivity index (χ2n) is 3.69. The molecule has 132 valence electrons. The van der Waals surface area contributed by atoms with Gasteiger partial charge in [0, 0.05) is 51.9 Å². The van der Waals surface area contributed by atoms with Gasteiger partial charge in [-0.1, -0.05) is 0 Å². The Hall–Kier alpha value is -1.82. The van der Waals surface area contributed by atoms with Crippen LogP contribution in [0.15, 0.2) is 24.0 Å². The van der Waals surface area contributed by atoms with Gasteiger partial charge in [-0.15, -0.1) is 23.5 Å². The molecule has 0 aliphatic heterocycles. The molecule has 0 spiro atoms. The number of nitrogens with zero attached hydrogens (tertiary/aromatic N) is 2. The Morgan fingerprint density at radius 1 is 1.00 bits per heavy atom. The summed E-state index contributed by atoms with van der Waals surface area (Å²) < 4.78 is 42.4. The molecule has 0 aromatic carbocycles. The molecule has 0 fully saturated rings. The molecule has 0 aromatic rings. The van der Waals surface area contributed by atoms with Crippen LogP contribution in [0.4, 0.5) is 0 Å². The molecule has 0 amide bonds. The zero-order valence-corrected chi connectivity index (χ0v) is 13.7. The molecule has 23 heavy (non-hydrogen) atoms. The van der Waals surface area contributed by atoms with Gasteiger partial charge in [-0.3, -0.25) is 20.2 Å². The van der Waals surface area contributed by atoms with E-state index in [1.807, 2.05) is 10.6 Å². The van der Waals surface area contributed by atoms with E-state index in [1.54, 1.807) is 0 Å². The van der Waals surface area contributed by atoms with E-state index in [4.69, 9.17) is 8.22 Å². The molecule has 4 N–H and O–H groups in total. The molecule has 0 saturated heterocycles. The summed E-state index contributed by atoms with van der Waals surface area (Å²) in [5, 5.41) is 31.0. The van der Waals surface area contributed by atoms with Crippen molar-refractivity contribution in [2.75, 3.05) is 43.6 Å². The Morgan fingerprint density at radius 2 is 1.43 bits per heavy atom. The lowest BCUT2D eigenvalue weighted by atomic mass is 10.6. The third-order valence-corrected chi connectivity index (χ3v) is 4.35. The van der Waals surface area contributed by atoms with Crippen LogP contribution < -0.4 is 21.3 Å². The van der Waals surface area contributed by atoms with Gasteiger partial charge in [0.1, 0.15) is 0 Å². The Balaban J connectivity index is 4.04. The van der Waals surface area contributed by atoms with E-state index in [0.717, 1.165) is 0 Å². The lowest BCUT2D eigenvalue weighted by Crippen LogP contribution is -2.26. The van der Waals surface area contributed by atoms with Crippen molar-refractivity contribution in [3.8, 4) is 0 Å². The van der Waals surface area contributed by atoms with Gasteiger partial charge in [-0.05, 0) is 0 Å². The summed E-state index contributed by atoms with van der Waals surface area (Å²) in [6, 6.07) is 0. The van der Waals surface area contributed by atoms with E-state index in [9.17, 15) is 20.2 Å². The Kier molecular flexibility index (Phi) is 7.56. The van der Waals surface area contributed by atoms with Crippen LogP contribution in [0.5, 0.6) is 0 Å². The summed E-state index contributed by atoms with van der Waals surface area (Å²) in [6.07, 6.45) is 1.08. The van der Waals surface area contributed by atoms with Crippen LogP contribution in [0, 0.1) is 20.2 Å². The zero-order chi connectivity index (χ0) is 22.5. The maximum absolute atomic E-state index is 10.5. The van der Waals surface area contributed by atoms with Crippen LogP contribution in [0.1, 0.15) is 8.22 Å². The molecule has 0 saturated carbocycles. The van der Waals surface area contributed by atoms with Crippen molar-refractivity contribution in [2.24, 2.45) is 0 Å². The Morgan fingerprint density at radius 3 is 1.78 bits per heavy atom. The minimum Gasteiger partial charge on any atom is -0.370 e. The molecular weight excluding hydrogens is 344 g/mol. The molecule has 0 bridgehead atoms. The fourth-order valence-electron chi connectivity index (χ4n) is 1.15. The van der Waals surface area contributed by atoms with Crippen molar-refractivity contribution in [3.63, 3.8) is 0 Å². The summed E-state index contributed by atoms with van der Waals surface area (Å²) in [5.74, 6) is 0.676. The summed E-state index contributed by atoms with van der Waals surface area (Å²) >= 11 is 2.98. The molecule has 0 aliphatic rings. The van der Waals surface area contributed by atoms with E-state index >= 15 is 0 Å². The fraction of sp³-hybridized carbons (Fsp3) is 0.636. The molecular formula is C11H22N6O4S2. The molecule has 12 heteroatoms. The van der Waals surface area contributed by atoms with Crippen LogP contribution in [0.25, 0.3) is 0 Å². The second kappa shape index (κ2) is 13.8. The molecule has 0 aliphatic carbocycles. The molecule has 0 atom stereocenters. The number of thioether (sulfide) groups is 2. The number of rotatable bonds is 14. The Bertz CT molecular complexity index is 551. The maximum Gasteiger partial charge on any atom is 0.274 e. The van der Waals surface area contributed by atoms with Gasteiger partial charge in [0.25, 0.3) is 12.4 Å². The molecule has 0 heterocycles. The van der Waals surface area contributed by atoms with Crippen molar-refractivity contribution < 1.29 is 18.1 Å². The molecule has 0 rings (SSSR count). The minimum absolute atomic E-state index is 0.209. The van der Waals surface area contributed by atoms with Crippen LogP contribution in [0.3, 0.4) is 0 Å². The standard InChI is InChI=1S/C11H22N6O4S2/c1-12-10(7-16(18)19)14-3-5-22-9-23-6-4-15-11(13-2)8-17(20)21/h7-8,12-15H,3-6,9H2,1-2H3/b10-7-,11-8+/i1D3,2D3. The monoisotopic (exact) mass is 372 g/mol. The predicted molar refractivity (Wildman–Crippen MR) is 94.1 cm³/mol. The highest BCUT2D eigenvalue weighted by Gasteiger charge is 2.00. The second-order valence-corrected chi connectivity index (χ2v) is 6.27. The van der Waals surface area contributed by atoms with Gasteiger partial charge >= 0.3 is 0 Å². The summed E-state index contributed by atoms with van der Waals surface area (Å²) in [4.78, 5) is 19.4. The highest BCUT2D eigenvalue weighted by atomic mass is 32.2. The smallest absolute Gasteiger partial charge is 0.274 e. The molecule has 0 radical (unpaired) electrons. The largest absolute Gasteiger partial charge is 0.370 e. The SMILES string of the molecule is [2H]C([2H])([2H])N/C(=C/[N+](=O)[O-])NCCSCSCCN/C(=C/[N+](=O)[O-])NC([2H])([2H])[2H]. The topological polar surface area (TPSA) is 134 Å². The number of hydrogen-bond acceptors (Lipinski definition) is 10. The van der Waals surface area contributed by atoms with Crippen molar-refractivity contribution in [1.82, 2.24) is 21.3 Å². The maximum atomic E-state index is 10.5. The highest BCUT2D eigenvalue weighted by molar-refractivity contribution is 8.15. The lowest BCUT2D eigenvalue weighted by molar-refractivity contribution is -0.404. The van der Waals surface area contributed by atoms with Crippen molar-refractivity contribution in [1.29, 1.82) is 0 Å². The third-order valence-electron chi connectivity index (χ3n) is 2.03. The van der Waals surface area contributed by atoms with Gasteiger partial charge in [0.2, 0.25) is 0 Å². The van der Waals surface area contributed by atoms with Crippen molar-refractivity contribution in [3.05, 3.63) is 44.3 Å². The first-order valence-electron chi connectivity index (χ1n) is 9.19. The van der Waals surface area contributed by atoms with Gasteiger partial charge in [-0.25, -0.2) is 0 Å². The normalized spacial score (nSPS) is 16.7. The summed E-state index contributed by atoms with van der Waals surface area (Å²) in [7, 11) is 0. The van der Waals surface area contributed by atoms with Crippen LogP contribution >= 0.6 is 23.5 Å². The van der Waals surface area contributed by atoms with E-state index in [0.29, 0.717) is 42.1 Å². The first-order valence-corrected chi connectivity index (χ1v) is 8.50. The van der Waals surface area contributed by atoms with E-state index in [2.05, 4.69) is 10.6 Å². The average molecular weight is 373 g/mol. The fourth-order valence-corrected chi connectivity index (χ4v) is 3.05. The van der Waals surface area contributed by atoms with Gasteiger partial charge in [0.05, 0.1) is 9.85 Å². The minimum atomic E-state index is -2.55. The summed E-state index contributed by atoms with van der Waals surface area (Å²) in [5.41, 5.74) is 0. The lowest BCUT2D eigenvalue weighted by Gasteiger charge is -2.08. The average Bonchev–Trinajstić information content (AvgIpc) is 2.48. The number of hydrogen-bond donors (Lipinski definition) is 4.